The van der Waals surface area contributed by atoms with Crippen LogP contribution in [0, 0.1) is 0 Å². The van der Waals surface area contributed by atoms with Crippen molar-refractivity contribution in [2.24, 2.45) is 0 Å². The third-order valence-corrected chi connectivity index (χ3v) is 2.73. The highest BCUT2D eigenvalue weighted by Gasteiger charge is 2.17. The van der Waals surface area contributed by atoms with Gasteiger partial charge in [-0.2, -0.15) is 8.42 Å². The van der Waals surface area contributed by atoms with Crippen LogP contribution in [0.1, 0.15) is 33.0 Å². The van der Waals surface area contributed by atoms with Crippen molar-refractivity contribution in [1.82, 2.24) is 5.32 Å². The number of hydrogen-bond acceptors (Lipinski definition) is 4. The Morgan fingerprint density at radius 1 is 1.39 bits per heavy atom. The molecule has 1 aromatic rings. The summed E-state index contributed by atoms with van der Waals surface area (Å²) in [6.45, 7) is 5.61. The van der Waals surface area contributed by atoms with Crippen LogP contribution in [0.2, 0.25) is 0 Å². The maximum Gasteiger partial charge on any atom is 0.328 e. The number of carbonyl (C=O) groups excluding carboxylic acids is 1. The normalized spacial score (nSPS) is 12.4. The Morgan fingerprint density at radius 2 is 2.00 bits per heavy atom. The van der Waals surface area contributed by atoms with E-state index in [-0.39, 0.29) is 24.3 Å². The fourth-order valence-corrected chi connectivity index (χ4v) is 1.80. The van der Waals surface area contributed by atoms with Gasteiger partial charge in [0.2, 0.25) is 11.0 Å². The standard InChI is InChI=1S/C11H17NO5S/c1-11(2,3)12-9(13)6-4-8-5-7-10(17-8)18(14,15)16/h5,7H,4,6H2,1-3H3,(H,12,13)(H,14,15,16). The van der Waals surface area contributed by atoms with Gasteiger partial charge >= 0.3 is 10.1 Å². The molecule has 0 saturated heterocycles. The summed E-state index contributed by atoms with van der Waals surface area (Å²) in [5, 5.41) is 2.27. The molecule has 1 rings (SSSR count). The molecule has 102 valence electrons. The molecular formula is C11H17NO5S. The minimum absolute atomic E-state index is 0.146. The topological polar surface area (TPSA) is 96.6 Å². The number of furan rings is 1. The van der Waals surface area contributed by atoms with Crippen LogP contribution in [-0.4, -0.2) is 24.4 Å². The first-order valence-corrected chi connectivity index (χ1v) is 6.89. The average molecular weight is 275 g/mol. The van der Waals surface area contributed by atoms with E-state index in [4.69, 9.17) is 8.97 Å². The Morgan fingerprint density at radius 3 is 2.44 bits per heavy atom. The van der Waals surface area contributed by atoms with Crippen molar-refractivity contribution < 1.29 is 22.2 Å². The molecule has 0 bridgehead atoms. The molecule has 1 aromatic heterocycles. The van der Waals surface area contributed by atoms with Crippen molar-refractivity contribution in [3.63, 3.8) is 0 Å². The van der Waals surface area contributed by atoms with E-state index >= 15 is 0 Å². The van der Waals surface area contributed by atoms with Gasteiger partial charge in [-0.3, -0.25) is 9.35 Å². The van der Waals surface area contributed by atoms with E-state index in [1.165, 1.54) is 6.07 Å². The molecule has 18 heavy (non-hydrogen) atoms. The summed E-state index contributed by atoms with van der Waals surface area (Å²) in [4.78, 5) is 11.5. The van der Waals surface area contributed by atoms with Crippen LogP contribution in [0.25, 0.3) is 0 Å². The minimum atomic E-state index is -4.32. The molecule has 1 amide bonds. The second-order valence-electron chi connectivity index (χ2n) is 4.99. The van der Waals surface area contributed by atoms with Crippen molar-refractivity contribution in [2.45, 2.75) is 44.2 Å². The summed E-state index contributed by atoms with van der Waals surface area (Å²) in [5.74, 6) is 0.194. The Hall–Kier alpha value is -1.34. The number of aryl methyl sites for hydroxylation is 1. The van der Waals surface area contributed by atoms with Gasteiger partial charge in [-0.1, -0.05) is 0 Å². The predicted octanol–water partition coefficient (Wildman–Crippen LogP) is 1.37. The number of nitrogens with one attached hydrogen (secondary N) is 1. The maximum absolute atomic E-state index is 11.5. The molecule has 0 spiro atoms. The predicted molar refractivity (Wildman–Crippen MR) is 64.7 cm³/mol. The molecule has 0 aliphatic rings. The number of amides is 1. The van der Waals surface area contributed by atoms with Crippen LogP contribution in [0.5, 0.6) is 0 Å². The van der Waals surface area contributed by atoms with Crippen molar-refractivity contribution in [3.05, 3.63) is 17.9 Å². The molecule has 0 aromatic carbocycles. The van der Waals surface area contributed by atoms with Crippen molar-refractivity contribution in [1.29, 1.82) is 0 Å². The van der Waals surface area contributed by atoms with Gasteiger partial charge in [0, 0.05) is 18.4 Å². The van der Waals surface area contributed by atoms with E-state index in [2.05, 4.69) is 5.32 Å². The van der Waals surface area contributed by atoms with Crippen LogP contribution >= 0.6 is 0 Å². The number of rotatable bonds is 4. The van der Waals surface area contributed by atoms with Gasteiger partial charge in [0.1, 0.15) is 5.76 Å². The average Bonchev–Trinajstić information content (AvgIpc) is 2.59. The van der Waals surface area contributed by atoms with Crippen LogP contribution < -0.4 is 5.32 Å². The Bertz CT molecular complexity index is 524. The summed E-state index contributed by atoms with van der Waals surface area (Å²) < 4.78 is 35.2. The largest absolute Gasteiger partial charge is 0.447 e. The van der Waals surface area contributed by atoms with Crippen molar-refractivity contribution in [3.8, 4) is 0 Å². The summed E-state index contributed by atoms with van der Waals surface area (Å²) in [7, 11) is -4.32. The lowest BCUT2D eigenvalue weighted by Crippen LogP contribution is -2.40. The van der Waals surface area contributed by atoms with E-state index in [0.29, 0.717) is 5.76 Å². The van der Waals surface area contributed by atoms with E-state index in [1.54, 1.807) is 0 Å². The second kappa shape index (κ2) is 5.11. The lowest BCUT2D eigenvalue weighted by atomic mass is 10.1. The molecule has 6 nitrogen and oxygen atoms in total. The third kappa shape index (κ3) is 4.89. The molecule has 0 fully saturated rings. The van der Waals surface area contributed by atoms with Crippen LogP contribution in [0.3, 0.4) is 0 Å². The monoisotopic (exact) mass is 275 g/mol. The number of hydrogen-bond donors (Lipinski definition) is 2. The minimum Gasteiger partial charge on any atom is -0.447 e. The Labute approximate surface area is 106 Å². The smallest absolute Gasteiger partial charge is 0.328 e. The molecule has 0 aliphatic carbocycles. The molecular weight excluding hydrogens is 258 g/mol. The molecule has 1 heterocycles. The van der Waals surface area contributed by atoms with Gasteiger partial charge in [-0.15, -0.1) is 0 Å². The van der Waals surface area contributed by atoms with Crippen molar-refractivity contribution in [2.75, 3.05) is 0 Å². The van der Waals surface area contributed by atoms with E-state index in [0.717, 1.165) is 6.07 Å². The SMILES string of the molecule is CC(C)(C)NC(=O)CCc1ccc(S(=O)(=O)O)o1. The van der Waals surface area contributed by atoms with E-state index < -0.39 is 15.2 Å². The quantitative estimate of drug-likeness (QED) is 0.809. The van der Waals surface area contributed by atoms with Crippen molar-refractivity contribution >= 4 is 16.0 Å². The summed E-state index contributed by atoms with van der Waals surface area (Å²) in [6.07, 6.45) is 0.465. The maximum atomic E-state index is 11.5. The first-order chi connectivity index (χ1) is 8.08. The lowest BCUT2D eigenvalue weighted by Gasteiger charge is -2.20. The van der Waals surface area contributed by atoms with Gasteiger partial charge in [0.25, 0.3) is 0 Å². The lowest BCUT2D eigenvalue weighted by molar-refractivity contribution is -0.122. The highest BCUT2D eigenvalue weighted by Crippen LogP contribution is 2.14. The van der Waals surface area contributed by atoms with Gasteiger partial charge in [0.15, 0.2) is 0 Å². The number of carbonyl (C=O) groups is 1. The van der Waals surface area contributed by atoms with Crippen LogP contribution in [0.4, 0.5) is 0 Å². The zero-order valence-corrected chi connectivity index (χ0v) is 11.4. The third-order valence-electron chi connectivity index (χ3n) is 2.00. The summed E-state index contributed by atoms with van der Waals surface area (Å²) in [6, 6.07) is 2.58. The molecule has 0 atom stereocenters. The van der Waals surface area contributed by atoms with Gasteiger partial charge < -0.3 is 9.73 Å². The summed E-state index contributed by atoms with van der Waals surface area (Å²) in [5.41, 5.74) is -0.306. The van der Waals surface area contributed by atoms with Gasteiger partial charge in [-0.05, 0) is 32.9 Å². The van der Waals surface area contributed by atoms with Gasteiger partial charge in [-0.25, -0.2) is 0 Å². The molecule has 7 heteroatoms. The Kier molecular flexibility index (Phi) is 4.18. The molecule has 0 unspecified atom stereocenters. The summed E-state index contributed by atoms with van der Waals surface area (Å²) >= 11 is 0. The first kappa shape index (κ1) is 14.7. The molecule has 0 saturated carbocycles. The highest BCUT2D eigenvalue weighted by molar-refractivity contribution is 7.85. The van der Waals surface area contributed by atoms with Crippen LogP contribution in [-0.2, 0) is 21.3 Å². The fourth-order valence-electron chi connectivity index (χ4n) is 1.35. The zero-order chi connectivity index (χ0) is 14.0. The van der Waals surface area contributed by atoms with Gasteiger partial charge in [0.05, 0.1) is 0 Å². The van der Waals surface area contributed by atoms with Crippen LogP contribution in [0.15, 0.2) is 21.6 Å². The fraction of sp³-hybridized carbons (Fsp3) is 0.545. The highest BCUT2D eigenvalue weighted by atomic mass is 32.2. The molecule has 2 N–H and O–H groups in total. The second-order valence-corrected chi connectivity index (χ2v) is 6.35. The first-order valence-electron chi connectivity index (χ1n) is 5.45. The molecule has 0 radical (unpaired) electrons. The molecule has 0 aliphatic heterocycles. The Balaban J connectivity index is 2.55. The van der Waals surface area contributed by atoms with E-state index in [9.17, 15) is 13.2 Å². The zero-order valence-electron chi connectivity index (χ0n) is 10.6. The van der Waals surface area contributed by atoms with E-state index in [1.807, 2.05) is 20.8 Å².